The Kier molecular flexibility index (Phi) is 6.67. The zero-order chi connectivity index (χ0) is 19.9. The Morgan fingerprint density at radius 3 is 2.61 bits per heavy atom. The topological polar surface area (TPSA) is 81.4 Å². The van der Waals surface area contributed by atoms with Gasteiger partial charge in [0, 0.05) is 17.6 Å². The van der Waals surface area contributed by atoms with Crippen molar-refractivity contribution in [3.05, 3.63) is 59.1 Å². The highest BCUT2D eigenvalue weighted by Crippen LogP contribution is 2.23. The zero-order valence-corrected chi connectivity index (χ0v) is 16.9. The molecule has 0 bridgehead atoms. The first-order valence-corrected chi connectivity index (χ1v) is 9.67. The van der Waals surface area contributed by atoms with Crippen LogP contribution in [0.15, 0.2) is 58.8 Å². The van der Waals surface area contributed by atoms with Gasteiger partial charge in [0.25, 0.3) is 5.91 Å². The lowest BCUT2D eigenvalue weighted by Crippen LogP contribution is -2.19. The maximum atomic E-state index is 12.0. The largest absolute Gasteiger partial charge is 0.497 e. The van der Waals surface area contributed by atoms with Crippen LogP contribution in [0, 0.1) is 0 Å². The Hall–Kier alpha value is -2.84. The third kappa shape index (κ3) is 5.11. The predicted molar refractivity (Wildman–Crippen MR) is 111 cm³/mol. The average Bonchev–Trinajstić information content (AvgIpc) is 3.08. The van der Waals surface area contributed by atoms with E-state index < -0.39 is 0 Å². The molecule has 0 atom stereocenters. The molecule has 1 N–H and O–H groups in total. The third-order valence-electron chi connectivity index (χ3n) is 3.79. The van der Waals surface area contributed by atoms with Gasteiger partial charge in [-0.1, -0.05) is 23.4 Å². The molecule has 28 heavy (non-hydrogen) atoms. The molecule has 0 fully saturated rings. The predicted octanol–water partition coefficient (Wildman–Crippen LogP) is 3.39. The number of thioether (sulfide) groups is 1. The highest BCUT2D eigenvalue weighted by Gasteiger charge is 2.12. The zero-order valence-electron chi connectivity index (χ0n) is 15.3. The third-order valence-corrected chi connectivity index (χ3v) is 5.06. The fourth-order valence-corrected chi connectivity index (χ4v) is 3.15. The van der Waals surface area contributed by atoms with Crippen molar-refractivity contribution < 1.29 is 9.53 Å². The van der Waals surface area contributed by atoms with Gasteiger partial charge in [-0.3, -0.25) is 4.79 Å². The van der Waals surface area contributed by atoms with Crippen molar-refractivity contribution in [1.29, 1.82) is 0 Å². The molecule has 1 amide bonds. The van der Waals surface area contributed by atoms with Crippen molar-refractivity contribution in [2.45, 2.75) is 5.16 Å². The van der Waals surface area contributed by atoms with Crippen LogP contribution in [0.3, 0.4) is 0 Å². The first-order valence-electron chi connectivity index (χ1n) is 8.31. The van der Waals surface area contributed by atoms with Gasteiger partial charge in [-0.25, -0.2) is 5.43 Å². The van der Waals surface area contributed by atoms with Gasteiger partial charge in [-0.05, 0) is 54.1 Å². The SMILES string of the molecule is COc1ccc(/C=N/NC(=O)CSc2nnc(-c3ccc(Cl)cc3)n2C)cc1. The van der Waals surface area contributed by atoms with Crippen molar-refractivity contribution in [2.24, 2.45) is 12.1 Å². The first kappa shape index (κ1) is 19.9. The quantitative estimate of drug-likeness (QED) is 0.363. The summed E-state index contributed by atoms with van der Waals surface area (Å²) in [6.07, 6.45) is 1.57. The van der Waals surface area contributed by atoms with E-state index in [2.05, 4.69) is 20.7 Å². The molecule has 3 aromatic rings. The Morgan fingerprint density at radius 1 is 1.21 bits per heavy atom. The second-order valence-corrected chi connectivity index (χ2v) is 7.11. The molecule has 0 spiro atoms. The number of aromatic nitrogens is 3. The number of halogens is 1. The van der Waals surface area contributed by atoms with Crippen molar-refractivity contribution in [3.8, 4) is 17.1 Å². The van der Waals surface area contributed by atoms with Crippen LogP contribution in [0.2, 0.25) is 5.02 Å². The number of hydrazone groups is 1. The average molecular weight is 416 g/mol. The number of benzene rings is 2. The van der Waals surface area contributed by atoms with E-state index in [0.717, 1.165) is 16.9 Å². The van der Waals surface area contributed by atoms with Gasteiger partial charge in [0.05, 0.1) is 19.1 Å². The van der Waals surface area contributed by atoms with Crippen molar-refractivity contribution in [2.75, 3.05) is 12.9 Å². The summed E-state index contributed by atoms with van der Waals surface area (Å²) in [5.74, 6) is 1.41. The highest BCUT2D eigenvalue weighted by atomic mass is 35.5. The highest BCUT2D eigenvalue weighted by molar-refractivity contribution is 7.99. The number of hydrogen-bond acceptors (Lipinski definition) is 6. The summed E-state index contributed by atoms with van der Waals surface area (Å²) in [4.78, 5) is 12.0. The monoisotopic (exact) mass is 415 g/mol. The Labute approximate surface area is 171 Å². The van der Waals surface area contributed by atoms with Gasteiger partial charge < -0.3 is 9.30 Å². The lowest BCUT2D eigenvalue weighted by Gasteiger charge is -2.04. The number of methoxy groups -OCH3 is 1. The van der Waals surface area contributed by atoms with E-state index in [9.17, 15) is 4.79 Å². The molecule has 0 saturated heterocycles. The van der Waals surface area contributed by atoms with Crippen LogP contribution >= 0.6 is 23.4 Å². The van der Waals surface area contributed by atoms with Gasteiger partial charge in [0.1, 0.15) is 5.75 Å². The molecule has 0 aliphatic rings. The van der Waals surface area contributed by atoms with E-state index in [1.807, 2.05) is 48.0 Å². The minimum Gasteiger partial charge on any atom is -0.497 e. The molecule has 0 radical (unpaired) electrons. The number of carbonyl (C=O) groups is 1. The molecule has 7 nitrogen and oxygen atoms in total. The van der Waals surface area contributed by atoms with Gasteiger partial charge >= 0.3 is 0 Å². The van der Waals surface area contributed by atoms with Crippen molar-refractivity contribution in [1.82, 2.24) is 20.2 Å². The van der Waals surface area contributed by atoms with E-state index in [1.165, 1.54) is 11.8 Å². The van der Waals surface area contributed by atoms with E-state index in [1.54, 1.807) is 25.5 Å². The van der Waals surface area contributed by atoms with Gasteiger partial charge in [-0.15, -0.1) is 10.2 Å². The maximum Gasteiger partial charge on any atom is 0.250 e. The lowest BCUT2D eigenvalue weighted by atomic mass is 10.2. The second kappa shape index (κ2) is 9.38. The molecular formula is C19H18ClN5O2S. The summed E-state index contributed by atoms with van der Waals surface area (Å²) in [6.45, 7) is 0. The summed E-state index contributed by atoms with van der Waals surface area (Å²) >= 11 is 7.20. The maximum absolute atomic E-state index is 12.0. The van der Waals surface area contributed by atoms with Crippen LogP contribution in [-0.4, -0.2) is 39.7 Å². The smallest absolute Gasteiger partial charge is 0.250 e. The standard InChI is InChI=1S/C19H18ClN5O2S/c1-25-18(14-5-7-15(20)8-6-14)23-24-19(25)28-12-17(26)22-21-11-13-3-9-16(27-2)10-4-13/h3-11H,12H2,1-2H3,(H,22,26)/b21-11+. The number of ether oxygens (including phenoxy) is 1. The number of nitrogens with zero attached hydrogens (tertiary/aromatic N) is 4. The van der Waals surface area contributed by atoms with Gasteiger partial charge in [0.15, 0.2) is 11.0 Å². The summed E-state index contributed by atoms with van der Waals surface area (Å²) in [6, 6.07) is 14.7. The van der Waals surface area contributed by atoms with E-state index in [-0.39, 0.29) is 11.7 Å². The fraction of sp³-hybridized carbons (Fsp3) is 0.158. The van der Waals surface area contributed by atoms with Crippen molar-refractivity contribution >= 4 is 35.5 Å². The second-order valence-electron chi connectivity index (χ2n) is 5.73. The summed E-state index contributed by atoms with van der Waals surface area (Å²) < 4.78 is 6.93. The molecule has 1 heterocycles. The molecule has 3 rings (SSSR count). The van der Waals surface area contributed by atoms with E-state index in [0.29, 0.717) is 16.0 Å². The van der Waals surface area contributed by atoms with Gasteiger partial charge in [-0.2, -0.15) is 5.10 Å². The fourth-order valence-electron chi connectivity index (χ4n) is 2.32. The van der Waals surface area contributed by atoms with Crippen molar-refractivity contribution in [3.63, 3.8) is 0 Å². The minimum atomic E-state index is -0.231. The number of nitrogens with one attached hydrogen (secondary N) is 1. The Morgan fingerprint density at radius 2 is 1.93 bits per heavy atom. The van der Waals surface area contributed by atoms with Crippen LogP contribution in [-0.2, 0) is 11.8 Å². The normalized spacial score (nSPS) is 11.0. The van der Waals surface area contributed by atoms with Crippen LogP contribution in [0.25, 0.3) is 11.4 Å². The number of amides is 1. The summed E-state index contributed by atoms with van der Waals surface area (Å²) in [5, 5.41) is 13.6. The molecular weight excluding hydrogens is 398 g/mol. The molecule has 0 aliphatic carbocycles. The molecule has 0 unspecified atom stereocenters. The van der Waals surface area contributed by atoms with Crippen LogP contribution in [0.5, 0.6) is 5.75 Å². The van der Waals surface area contributed by atoms with E-state index in [4.69, 9.17) is 16.3 Å². The summed E-state index contributed by atoms with van der Waals surface area (Å²) in [7, 11) is 3.46. The first-order chi connectivity index (χ1) is 13.6. The molecule has 0 aliphatic heterocycles. The van der Waals surface area contributed by atoms with Crippen LogP contribution in [0.1, 0.15) is 5.56 Å². The molecule has 144 valence electrons. The molecule has 2 aromatic carbocycles. The molecule has 0 saturated carbocycles. The minimum absolute atomic E-state index is 0.173. The Balaban J connectivity index is 1.53. The summed E-state index contributed by atoms with van der Waals surface area (Å²) in [5.41, 5.74) is 4.26. The van der Waals surface area contributed by atoms with Crippen LogP contribution < -0.4 is 10.2 Å². The number of carbonyl (C=O) groups excluding carboxylic acids is 1. The van der Waals surface area contributed by atoms with E-state index >= 15 is 0 Å². The molecule has 1 aromatic heterocycles. The number of hydrogen-bond donors (Lipinski definition) is 1. The van der Waals surface area contributed by atoms with Crippen LogP contribution in [0.4, 0.5) is 0 Å². The molecule has 9 heteroatoms. The lowest BCUT2D eigenvalue weighted by molar-refractivity contribution is -0.118. The van der Waals surface area contributed by atoms with Gasteiger partial charge in [0.2, 0.25) is 0 Å². The Bertz CT molecular complexity index is 971. The number of rotatable bonds is 7.